The molecule has 5 heteroatoms. The van der Waals surface area contributed by atoms with Crippen LogP contribution in [-0.4, -0.2) is 21.7 Å². The Hall–Kier alpha value is -1.52. The number of nitrogens with two attached hydrogens (primary N) is 1. The molecule has 0 spiro atoms. The number of nitrogen functional groups attached to an aromatic ring is 1. The molecule has 1 aliphatic rings. The predicted molar refractivity (Wildman–Crippen MR) is 75.8 cm³/mol. The Balaban J connectivity index is 2.10. The number of amides is 1. The maximum Gasteiger partial charge on any atom is 0.271 e. The third kappa shape index (κ3) is 2.46. The molecular formula is C14H24N4O. The Labute approximate surface area is 114 Å². The summed E-state index contributed by atoms with van der Waals surface area (Å²) in [5.74, 6) is 1.15. The van der Waals surface area contributed by atoms with E-state index in [0.717, 1.165) is 12.3 Å². The number of nitrogens with zero attached hydrogens (tertiary/aromatic N) is 2. The zero-order valence-electron chi connectivity index (χ0n) is 12.2. The van der Waals surface area contributed by atoms with E-state index in [4.69, 9.17) is 5.73 Å². The summed E-state index contributed by atoms with van der Waals surface area (Å²) in [5.41, 5.74) is 7.59. The number of aryl methyl sites for hydroxylation is 2. The highest BCUT2D eigenvalue weighted by Gasteiger charge is 2.33. The fraction of sp³-hybridized carbons (Fsp3) is 0.714. The van der Waals surface area contributed by atoms with Crippen molar-refractivity contribution in [3.05, 3.63) is 11.4 Å². The Morgan fingerprint density at radius 2 is 2.21 bits per heavy atom. The van der Waals surface area contributed by atoms with Crippen LogP contribution >= 0.6 is 0 Å². The lowest BCUT2D eigenvalue weighted by atomic mass is 9.93. The summed E-state index contributed by atoms with van der Waals surface area (Å²) in [4.78, 5) is 12.3. The molecule has 3 N–H and O–H groups in total. The first-order valence-electron chi connectivity index (χ1n) is 7.05. The van der Waals surface area contributed by atoms with E-state index in [-0.39, 0.29) is 11.9 Å². The topological polar surface area (TPSA) is 72.9 Å². The molecule has 0 saturated heterocycles. The Bertz CT molecular complexity index is 480. The molecule has 1 fully saturated rings. The van der Waals surface area contributed by atoms with Crippen LogP contribution in [0.5, 0.6) is 0 Å². The minimum absolute atomic E-state index is 0.103. The van der Waals surface area contributed by atoms with Gasteiger partial charge in [0.2, 0.25) is 0 Å². The molecule has 2 rings (SSSR count). The van der Waals surface area contributed by atoms with Crippen LogP contribution < -0.4 is 11.1 Å². The first-order chi connectivity index (χ1) is 8.95. The predicted octanol–water partition coefficient (Wildman–Crippen LogP) is 1.87. The van der Waals surface area contributed by atoms with Crippen LogP contribution in [0.2, 0.25) is 0 Å². The van der Waals surface area contributed by atoms with Crippen molar-refractivity contribution >= 4 is 11.6 Å². The van der Waals surface area contributed by atoms with Crippen molar-refractivity contribution in [3.63, 3.8) is 0 Å². The molecule has 5 nitrogen and oxygen atoms in total. The molecule has 106 valence electrons. The second-order valence-electron chi connectivity index (χ2n) is 5.66. The zero-order valence-corrected chi connectivity index (χ0v) is 12.2. The molecule has 1 aromatic heterocycles. The summed E-state index contributed by atoms with van der Waals surface area (Å²) in [6, 6.07) is 0.257. The molecule has 1 heterocycles. The van der Waals surface area contributed by atoms with Crippen LogP contribution in [0.4, 0.5) is 5.69 Å². The normalized spacial score (nSPS) is 26.6. The van der Waals surface area contributed by atoms with Crippen LogP contribution in [0.25, 0.3) is 0 Å². The molecule has 3 unspecified atom stereocenters. The van der Waals surface area contributed by atoms with E-state index in [1.165, 1.54) is 12.8 Å². The minimum atomic E-state index is -0.103. The monoisotopic (exact) mass is 264 g/mol. The van der Waals surface area contributed by atoms with Crippen molar-refractivity contribution in [1.82, 2.24) is 15.1 Å². The van der Waals surface area contributed by atoms with Crippen molar-refractivity contribution in [2.45, 2.75) is 46.1 Å². The van der Waals surface area contributed by atoms with Gasteiger partial charge in [-0.25, -0.2) is 0 Å². The SMILES string of the molecule is CCC1CCC(NC(=O)c2c(N)c(C)nn2C)C1C. The van der Waals surface area contributed by atoms with E-state index in [9.17, 15) is 4.79 Å². The van der Waals surface area contributed by atoms with E-state index in [2.05, 4.69) is 24.3 Å². The Morgan fingerprint density at radius 3 is 2.68 bits per heavy atom. The van der Waals surface area contributed by atoms with Gasteiger partial charge in [-0.1, -0.05) is 20.3 Å². The number of anilines is 1. The molecule has 1 saturated carbocycles. The van der Waals surface area contributed by atoms with Crippen molar-refractivity contribution in [2.75, 3.05) is 5.73 Å². The van der Waals surface area contributed by atoms with Crippen LogP contribution in [-0.2, 0) is 7.05 Å². The Kier molecular flexibility index (Phi) is 3.83. The van der Waals surface area contributed by atoms with Gasteiger partial charge in [0.15, 0.2) is 0 Å². The van der Waals surface area contributed by atoms with Crippen molar-refractivity contribution in [2.24, 2.45) is 18.9 Å². The molecule has 1 amide bonds. The molecule has 1 aliphatic carbocycles. The fourth-order valence-electron chi connectivity index (χ4n) is 3.21. The van der Waals surface area contributed by atoms with Gasteiger partial charge >= 0.3 is 0 Å². The molecule has 1 aromatic rings. The first-order valence-corrected chi connectivity index (χ1v) is 7.05. The molecule has 0 radical (unpaired) electrons. The molecule has 0 aromatic carbocycles. The number of nitrogens with one attached hydrogen (secondary N) is 1. The van der Waals surface area contributed by atoms with E-state index in [1.54, 1.807) is 11.7 Å². The largest absolute Gasteiger partial charge is 0.395 e. The molecule has 19 heavy (non-hydrogen) atoms. The maximum atomic E-state index is 12.3. The average Bonchev–Trinajstić information content (AvgIpc) is 2.81. The zero-order chi connectivity index (χ0) is 14.2. The van der Waals surface area contributed by atoms with E-state index >= 15 is 0 Å². The highest BCUT2D eigenvalue weighted by atomic mass is 16.2. The van der Waals surface area contributed by atoms with E-state index < -0.39 is 0 Å². The van der Waals surface area contributed by atoms with Crippen molar-refractivity contribution < 1.29 is 4.79 Å². The lowest BCUT2D eigenvalue weighted by Gasteiger charge is -2.21. The second kappa shape index (κ2) is 5.23. The van der Waals surface area contributed by atoms with Crippen molar-refractivity contribution in [1.29, 1.82) is 0 Å². The van der Waals surface area contributed by atoms with Gasteiger partial charge in [-0.05, 0) is 31.6 Å². The van der Waals surface area contributed by atoms with Gasteiger partial charge in [0.1, 0.15) is 5.69 Å². The van der Waals surface area contributed by atoms with Crippen LogP contribution in [0.15, 0.2) is 0 Å². The van der Waals surface area contributed by atoms with Gasteiger partial charge in [-0.2, -0.15) is 5.10 Å². The van der Waals surface area contributed by atoms with E-state index in [0.29, 0.717) is 23.0 Å². The van der Waals surface area contributed by atoms with Crippen LogP contribution in [0.3, 0.4) is 0 Å². The van der Waals surface area contributed by atoms with Gasteiger partial charge < -0.3 is 11.1 Å². The third-order valence-electron chi connectivity index (χ3n) is 4.55. The quantitative estimate of drug-likeness (QED) is 0.875. The molecule has 3 atom stereocenters. The number of hydrogen-bond acceptors (Lipinski definition) is 3. The van der Waals surface area contributed by atoms with Gasteiger partial charge in [0, 0.05) is 13.1 Å². The average molecular weight is 264 g/mol. The minimum Gasteiger partial charge on any atom is -0.395 e. The number of aromatic nitrogens is 2. The lowest BCUT2D eigenvalue weighted by molar-refractivity contribution is 0.0918. The molecule has 0 aliphatic heterocycles. The first kappa shape index (κ1) is 13.9. The number of carbonyl (C=O) groups excluding carboxylic acids is 1. The van der Waals surface area contributed by atoms with Gasteiger partial charge in [-0.15, -0.1) is 0 Å². The highest BCUT2D eigenvalue weighted by Crippen LogP contribution is 2.34. The lowest BCUT2D eigenvalue weighted by Crippen LogP contribution is -2.38. The highest BCUT2D eigenvalue weighted by molar-refractivity contribution is 5.98. The van der Waals surface area contributed by atoms with E-state index in [1.807, 2.05) is 6.92 Å². The number of carbonyl (C=O) groups is 1. The number of hydrogen-bond donors (Lipinski definition) is 2. The summed E-state index contributed by atoms with van der Waals surface area (Å²) >= 11 is 0. The molecule has 0 bridgehead atoms. The summed E-state index contributed by atoms with van der Waals surface area (Å²) in [5, 5.41) is 7.31. The number of rotatable bonds is 3. The summed E-state index contributed by atoms with van der Waals surface area (Å²) in [6.45, 7) is 6.26. The van der Waals surface area contributed by atoms with Gasteiger partial charge in [-0.3, -0.25) is 9.48 Å². The smallest absolute Gasteiger partial charge is 0.271 e. The summed E-state index contributed by atoms with van der Waals surface area (Å²) in [6.07, 6.45) is 3.44. The van der Waals surface area contributed by atoms with Crippen LogP contribution in [0, 0.1) is 18.8 Å². The summed E-state index contributed by atoms with van der Waals surface area (Å²) < 4.78 is 1.57. The van der Waals surface area contributed by atoms with Gasteiger partial charge in [0.05, 0.1) is 11.4 Å². The van der Waals surface area contributed by atoms with Crippen molar-refractivity contribution in [3.8, 4) is 0 Å². The second-order valence-corrected chi connectivity index (χ2v) is 5.66. The fourth-order valence-corrected chi connectivity index (χ4v) is 3.21. The van der Waals surface area contributed by atoms with Crippen LogP contribution in [0.1, 0.15) is 49.3 Å². The maximum absolute atomic E-state index is 12.3. The standard InChI is InChI=1S/C14H24N4O/c1-5-10-6-7-11(8(10)2)16-14(19)13-12(15)9(3)17-18(13)4/h8,10-11H,5-7,15H2,1-4H3,(H,16,19). The van der Waals surface area contributed by atoms with Gasteiger partial charge in [0.25, 0.3) is 5.91 Å². The third-order valence-corrected chi connectivity index (χ3v) is 4.55. The Morgan fingerprint density at radius 1 is 1.53 bits per heavy atom. The summed E-state index contributed by atoms with van der Waals surface area (Å²) in [7, 11) is 1.76. The molecular weight excluding hydrogens is 240 g/mol.